The summed E-state index contributed by atoms with van der Waals surface area (Å²) >= 11 is 0. The van der Waals surface area contributed by atoms with E-state index in [-0.39, 0.29) is 24.0 Å². The molecule has 2 atom stereocenters. The van der Waals surface area contributed by atoms with Crippen LogP contribution in [-0.2, 0) is 4.74 Å². The molecule has 2 N–H and O–H groups in total. The van der Waals surface area contributed by atoms with Gasteiger partial charge in [-0.2, -0.15) is 0 Å². The average molecular weight is 398 g/mol. The van der Waals surface area contributed by atoms with E-state index >= 15 is 0 Å². The Balaban J connectivity index is 0.00000361. The van der Waals surface area contributed by atoms with Gasteiger partial charge in [0.1, 0.15) is 0 Å². The number of hydrogen-bond acceptors (Lipinski definition) is 3. The highest BCUT2D eigenvalue weighted by Crippen LogP contribution is 2.10. The van der Waals surface area contributed by atoms with E-state index in [1.807, 2.05) is 0 Å². The summed E-state index contributed by atoms with van der Waals surface area (Å²) in [5.74, 6) is 0.928. The van der Waals surface area contributed by atoms with E-state index in [9.17, 15) is 0 Å². The van der Waals surface area contributed by atoms with Crippen molar-refractivity contribution in [3.8, 4) is 0 Å². The largest absolute Gasteiger partial charge is 0.379 e. The minimum absolute atomic E-state index is 0. The zero-order chi connectivity index (χ0) is 14.1. The van der Waals surface area contributed by atoms with Gasteiger partial charge in [0.15, 0.2) is 5.96 Å². The lowest BCUT2D eigenvalue weighted by atomic mass is 10.2. The maximum absolute atomic E-state index is 5.48. The van der Waals surface area contributed by atoms with Gasteiger partial charge in [0.2, 0.25) is 0 Å². The molecule has 1 rings (SSSR count). The average Bonchev–Trinajstić information content (AvgIpc) is 2.42. The predicted molar refractivity (Wildman–Crippen MR) is 96.1 cm³/mol. The number of rotatable bonds is 6. The third-order valence-electron chi connectivity index (χ3n) is 3.39. The van der Waals surface area contributed by atoms with Crippen molar-refractivity contribution in [2.75, 3.05) is 39.4 Å². The lowest BCUT2D eigenvalue weighted by Crippen LogP contribution is -2.49. The van der Waals surface area contributed by atoms with E-state index < -0.39 is 0 Å². The molecule has 0 aromatic heterocycles. The smallest absolute Gasteiger partial charge is 0.191 e. The number of guanidine groups is 1. The fourth-order valence-corrected chi connectivity index (χ4v) is 2.31. The Kier molecular flexibility index (Phi) is 11.5. The first kappa shape index (κ1) is 19.9. The number of hydrogen-bond donors (Lipinski definition) is 2. The Morgan fingerprint density at radius 1 is 1.40 bits per heavy atom. The number of aliphatic imine (C=N–C) groups is 1. The second kappa shape index (κ2) is 11.6. The molecule has 6 heteroatoms. The van der Waals surface area contributed by atoms with Gasteiger partial charge >= 0.3 is 0 Å². The van der Waals surface area contributed by atoms with Crippen LogP contribution in [0.4, 0.5) is 0 Å². The topological polar surface area (TPSA) is 48.9 Å². The Morgan fingerprint density at radius 3 is 2.75 bits per heavy atom. The zero-order valence-corrected chi connectivity index (χ0v) is 15.6. The van der Waals surface area contributed by atoms with Gasteiger partial charge in [-0.25, -0.2) is 0 Å². The highest BCUT2D eigenvalue weighted by Gasteiger charge is 2.23. The standard InChI is InChI=1S/C14H30N4O.HI/c1-5-7-16-14(15-6-2)17-10-12(3)18-8-9-19-11-13(18)4;/h12-13H,5-11H2,1-4H3,(H2,15,16,17);1H. The number of halogens is 1. The lowest BCUT2D eigenvalue weighted by Gasteiger charge is -2.37. The van der Waals surface area contributed by atoms with Gasteiger partial charge in [0.25, 0.3) is 0 Å². The first-order valence-electron chi connectivity index (χ1n) is 7.54. The molecule has 0 amide bonds. The van der Waals surface area contributed by atoms with Gasteiger partial charge in [-0.3, -0.25) is 9.89 Å². The summed E-state index contributed by atoms with van der Waals surface area (Å²) in [6.45, 7) is 14.1. The van der Waals surface area contributed by atoms with Crippen molar-refractivity contribution in [3.05, 3.63) is 0 Å². The minimum Gasteiger partial charge on any atom is -0.379 e. The highest BCUT2D eigenvalue weighted by molar-refractivity contribution is 14.0. The molecule has 0 spiro atoms. The second-order valence-corrected chi connectivity index (χ2v) is 5.16. The Hall–Kier alpha value is -0.0800. The number of morpholine rings is 1. The van der Waals surface area contributed by atoms with Gasteiger partial charge in [0, 0.05) is 31.7 Å². The van der Waals surface area contributed by atoms with Crippen LogP contribution >= 0.6 is 24.0 Å². The third-order valence-corrected chi connectivity index (χ3v) is 3.39. The molecule has 1 aliphatic heterocycles. The van der Waals surface area contributed by atoms with Gasteiger partial charge in [-0.1, -0.05) is 6.92 Å². The van der Waals surface area contributed by atoms with Gasteiger partial charge in [0.05, 0.1) is 19.8 Å². The zero-order valence-electron chi connectivity index (χ0n) is 13.3. The molecule has 1 aliphatic rings. The number of ether oxygens (including phenoxy) is 1. The quantitative estimate of drug-likeness (QED) is 0.406. The summed E-state index contributed by atoms with van der Waals surface area (Å²) < 4.78 is 5.48. The lowest BCUT2D eigenvalue weighted by molar-refractivity contribution is -0.0165. The molecular weight excluding hydrogens is 367 g/mol. The number of nitrogens with zero attached hydrogens (tertiary/aromatic N) is 2. The summed E-state index contributed by atoms with van der Waals surface area (Å²) in [5.41, 5.74) is 0. The molecule has 5 nitrogen and oxygen atoms in total. The van der Waals surface area contributed by atoms with E-state index in [2.05, 4.69) is 48.2 Å². The first-order valence-corrected chi connectivity index (χ1v) is 7.54. The molecule has 0 saturated carbocycles. The summed E-state index contributed by atoms with van der Waals surface area (Å²) in [6.07, 6.45) is 1.11. The monoisotopic (exact) mass is 398 g/mol. The van der Waals surface area contributed by atoms with E-state index in [1.54, 1.807) is 0 Å². The van der Waals surface area contributed by atoms with Gasteiger partial charge < -0.3 is 15.4 Å². The molecular formula is C14H31IN4O. The normalized spacial score (nSPS) is 22.0. The van der Waals surface area contributed by atoms with Gasteiger partial charge in [-0.15, -0.1) is 24.0 Å². The van der Waals surface area contributed by atoms with Crippen LogP contribution in [0.3, 0.4) is 0 Å². The van der Waals surface area contributed by atoms with Crippen molar-refractivity contribution in [2.45, 2.75) is 46.2 Å². The van der Waals surface area contributed by atoms with Crippen LogP contribution in [0.1, 0.15) is 34.1 Å². The maximum Gasteiger partial charge on any atom is 0.191 e. The SMILES string of the molecule is CCCNC(=NCC(C)N1CCOCC1C)NCC.I. The maximum atomic E-state index is 5.48. The van der Waals surface area contributed by atoms with E-state index in [0.29, 0.717) is 12.1 Å². The van der Waals surface area contributed by atoms with Crippen LogP contribution in [0.25, 0.3) is 0 Å². The molecule has 0 aromatic rings. The Bertz CT molecular complexity index is 276. The number of nitrogens with one attached hydrogen (secondary N) is 2. The molecule has 1 heterocycles. The summed E-state index contributed by atoms with van der Waals surface area (Å²) in [5, 5.41) is 6.62. The molecule has 0 bridgehead atoms. The minimum atomic E-state index is 0. The molecule has 1 saturated heterocycles. The van der Waals surface area contributed by atoms with Gasteiger partial charge in [-0.05, 0) is 27.2 Å². The van der Waals surface area contributed by atoms with Crippen LogP contribution in [0.15, 0.2) is 4.99 Å². The molecule has 0 aliphatic carbocycles. The van der Waals surface area contributed by atoms with Crippen molar-refractivity contribution >= 4 is 29.9 Å². The fraction of sp³-hybridized carbons (Fsp3) is 0.929. The van der Waals surface area contributed by atoms with Crippen LogP contribution < -0.4 is 10.6 Å². The molecule has 2 unspecified atom stereocenters. The second-order valence-electron chi connectivity index (χ2n) is 5.16. The Morgan fingerprint density at radius 2 is 2.15 bits per heavy atom. The van der Waals surface area contributed by atoms with Crippen molar-refractivity contribution in [1.82, 2.24) is 15.5 Å². The summed E-state index contributed by atoms with van der Waals surface area (Å²) in [6, 6.07) is 0.945. The molecule has 120 valence electrons. The fourth-order valence-electron chi connectivity index (χ4n) is 2.31. The van der Waals surface area contributed by atoms with Crippen molar-refractivity contribution in [3.63, 3.8) is 0 Å². The van der Waals surface area contributed by atoms with Crippen molar-refractivity contribution < 1.29 is 4.74 Å². The predicted octanol–water partition coefficient (Wildman–Crippen LogP) is 1.68. The van der Waals surface area contributed by atoms with Crippen LogP contribution in [0.2, 0.25) is 0 Å². The van der Waals surface area contributed by atoms with E-state index in [4.69, 9.17) is 4.74 Å². The van der Waals surface area contributed by atoms with Crippen molar-refractivity contribution in [2.24, 2.45) is 4.99 Å². The highest BCUT2D eigenvalue weighted by atomic mass is 127. The van der Waals surface area contributed by atoms with Crippen LogP contribution in [0, 0.1) is 0 Å². The van der Waals surface area contributed by atoms with Crippen LogP contribution in [0.5, 0.6) is 0 Å². The molecule has 0 aromatic carbocycles. The molecule has 20 heavy (non-hydrogen) atoms. The van der Waals surface area contributed by atoms with E-state index in [1.165, 1.54) is 0 Å². The first-order chi connectivity index (χ1) is 9.19. The molecule has 0 radical (unpaired) electrons. The Labute approximate surface area is 140 Å². The molecule has 1 fully saturated rings. The van der Waals surface area contributed by atoms with Crippen LogP contribution in [-0.4, -0.2) is 62.3 Å². The van der Waals surface area contributed by atoms with Crippen molar-refractivity contribution in [1.29, 1.82) is 0 Å². The van der Waals surface area contributed by atoms with E-state index in [0.717, 1.165) is 51.8 Å². The summed E-state index contributed by atoms with van der Waals surface area (Å²) in [7, 11) is 0. The summed E-state index contributed by atoms with van der Waals surface area (Å²) in [4.78, 5) is 7.16. The third kappa shape index (κ3) is 7.08.